The summed E-state index contributed by atoms with van der Waals surface area (Å²) in [7, 11) is 1.42. The highest BCUT2D eigenvalue weighted by Gasteiger charge is 2.41. The highest BCUT2D eigenvalue weighted by molar-refractivity contribution is 5.96. The molecule has 94 heavy (non-hydrogen) atoms. The molecule has 0 saturated heterocycles. The zero-order valence-corrected chi connectivity index (χ0v) is 50.4. The van der Waals surface area contributed by atoms with Gasteiger partial charge in [-0.15, -0.1) is 0 Å². The van der Waals surface area contributed by atoms with Crippen molar-refractivity contribution in [3.05, 3.63) is 94.8 Å². The van der Waals surface area contributed by atoms with Gasteiger partial charge in [-0.2, -0.15) is 57.9 Å². The van der Waals surface area contributed by atoms with Gasteiger partial charge in [-0.05, 0) is 73.2 Å². The lowest BCUT2D eigenvalue weighted by Crippen LogP contribution is -2.56. The number of alkyl halides is 12. The summed E-state index contributed by atoms with van der Waals surface area (Å²) in [6.07, 6.45) is -18.8. The summed E-state index contributed by atoms with van der Waals surface area (Å²) in [5, 5.41) is 48.4. The maximum atomic E-state index is 14.6. The van der Waals surface area contributed by atoms with Crippen LogP contribution in [0.4, 0.5) is 52.7 Å². The molecule has 38 heteroatoms. The average Bonchev–Trinajstić information content (AvgIpc) is 0.784. The number of nitriles is 1. The Labute approximate surface area is 526 Å². The molecular formula is C56H65F12N11O15. The normalized spacial score (nSPS) is 15.0. The number of carbonyl (C=O) groups excluding carboxylic acids is 5. The Hall–Kier alpha value is -9.90. The van der Waals surface area contributed by atoms with E-state index in [9.17, 15) is 76.7 Å². The number of aliphatic carboxylic acids is 4. The third kappa shape index (κ3) is 27.5. The van der Waals surface area contributed by atoms with Crippen LogP contribution < -0.4 is 47.9 Å². The van der Waals surface area contributed by atoms with Crippen LogP contribution in [0, 0.1) is 18.3 Å². The fraction of sp³-hybridized carbons (Fsp3) is 0.429. The first kappa shape index (κ1) is 82.1. The number of ether oxygens (including phenoxy) is 2. The van der Waals surface area contributed by atoms with Crippen LogP contribution in [0.3, 0.4) is 0 Å². The Balaban J connectivity index is 0.00000130. The molecule has 4 aromatic rings. The van der Waals surface area contributed by atoms with E-state index in [1.165, 1.54) is 24.4 Å². The van der Waals surface area contributed by atoms with Gasteiger partial charge in [0.1, 0.15) is 55.4 Å². The number of halogens is 12. The van der Waals surface area contributed by atoms with Crippen molar-refractivity contribution in [2.75, 3.05) is 46.4 Å². The van der Waals surface area contributed by atoms with Gasteiger partial charge in [-0.3, -0.25) is 24.0 Å². The van der Waals surface area contributed by atoms with Gasteiger partial charge in [0.05, 0.1) is 12.5 Å². The largest absolute Gasteiger partial charge is 0.492 e. The Bertz CT molecular complexity index is 3230. The zero-order valence-electron chi connectivity index (χ0n) is 50.4. The number of nitrogens with zero attached hydrogens (tertiary/aromatic N) is 4. The number of hydrogen-bond donors (Lipinski definition) is 11. The van der Waals surface area contributed by atoms with E-state index in [1.807, 2.05) is 30.3 Å². The monoisotopic (exact) mass is 1360 g/mol. The van der Waals surface area contributed by atoms with Crippen LogP contribution >= 0.6 is 0 Å². The minimum atomic E-state index is -5.08. The zero-order chi connectivity index (χ0) is 72.4. The van der Waals surface area contributed by atoms with Crippen LogP contribution in [-0.4, -0.2) is 178 Å². The summed E-state index contributed by atoms with van der Waals surface area (Å²) in [5.41, 5.74) is 22.7. The molecule has 518 valence electrons. The molecule has 0 saturated carbocycles. The fourth-order valence-corrected chi connectivity index (χ4v) is 7.47. The van der Waals surface area contributed by atoms with Gasteiger partial charge in [0.15, 0.2) is 5.82 Å². The lowest BCUT2D eigenvalue weighted by Gasteiger charge is -2.32. The second-order valence-electron chi connectivity index (χ2n) is 20.3. The third-order valence-corrected chi connectivity index (χ3v) is 12.1. The Kier molecular flexibility index (Phi) is 31.8. The smallest absolute Gasteiger partial charge is 0.490 e. The van der Waals surface area contributed by atoms with Crippen molar-refractivity contribution in [1.82, 2.24) is 36.1 Å². The molecule has 3 aromatic carbocycles. The summed E-state index contributed by atoms with van der Waals surface area (Å²) in [6, 6.07) is 15.1. The van der Waals surface area contributed by atoms with E-state index in [0.717, 1.165) is 5.56 Å². The Morgan fingerprint density at radius 1 is 0.713 bits per heavy atom. The second-order valence-corrected chi connectivity index (χ2v) is 20.3. The minimum Gasteiger partial charge on any atom is -0.492 e. The number of benzene rings is 3. The topological polar surface area (TPSA) is 432 Å². The highest BCUT2D eigenvalue weighted by atomic mass is 19.4. The van der Waals surface area contributed by atoms with Crippen LogP contribution in [0.15, 0.2) is 66.9 Å². The van der Waals surface area contributed by atoms with Gasteiger partial charge in [0, 0.05) is 60.7 Å². The van der Waals surface area contributed by atoms with Crippen molar-refractivity contribution in [2.45, 2.75) is 108 Å². The number of nitrogens with one attached hydrogen (secondary N) is 4. The summed E-state index contributed by atoms with van der Waals surface area (Å²) < 4.78 is 139. The first-order chi connectivity index (χ1) is 43.3. The Morgan fingerprint density at radius 3 is 1.61 bits per heavy atom. The van der Waals surface area contributed by atoms with Crippen molar-refractivity contribution in [2.24, 2.45) is 17.2 Å². The van der Waals surface area contributed by atoms with E-state index in [1.54, 1.807) is 49.5 Å². The predicted octanol–water partition coefficient (Wildman–Crippen LogP) is 4.39. The van der Waals surface area contributed by atoms with Gasteiger partial charge in [0.25, 0.3) is 0 Å². The van der Waals surface area contributed by atoms with Crippen molar-refractivity contribution in [1.29, 1.82) is 5.26 Å². The molecule has 0 unspecified atom stereocenters. The predicted molar refractivity (Wildman–Crippen MR) is 303 cm³/mol. The summed E-state index contributed by atoms with van der Waals surface area (Å²) in [6.45, 7) is 10.0. The van der Waals surface area contributed by atoms with Crippen LogP contribution in [0.2, 0.25) is 0 Å². The number of fused-ring (bicyclic) bond motifs is 5. The number of rotatable bonds is 16. The van der Waals surface area contributed by atoms with E-state index in [0.29, 0.717) is 50.8 Å². The number of nitrogens with two attached hydrogens (primary N) is 3. The molecule has 0 fully saturated rings. The number of amides is 5. The molecule has 2 heterocycles. The summed E-state index contributed by atoms with van der Waals surface area (Å²) in [5.74, 6) is -12.9. The molecule has 26 nitrogen and oxygen atoms in total. The van der Waals surface area contributed by atoms with E-state index < -0.39 is 102 Å². The molecule has 1 aliphatic rings. The molecule has 14 N–H and O–H groups in total. The maximum Gasteiger partial charge on any atom is 0.490 e. The molecule has 4 atom stereocenters. The molecule has 5 amide bonds. The van der Waals surface area contributed by atoms with Crippen molar-refractivity contribution < 1.29 is 126 Å². The number of aryl methyl sites for hydroxylation is 1. The first-order valence-corrected chi connectivity index (χ1v) is 26.8. The van der Waals surface area contributed by atoms with Crippen LogP contribution in [-0.2, 0) is 61.4 Å². The molecule has 1 aromatic heterocycles. The SMILES string of the molecule is Cc1nc(-c2ccc(C(C)(C)C)cc2)ncc1CC(=O)N[C@@H](CCN)C(=O)N(C)[C@@H]1C(=O)N[C@@H](C)C(=O)N[C@H](C(=O)NCC#N)Cc2ccc(OCCN)c(c2)-c2cc1ccc2OCCN.O=C(O)C(F)(F)F.O=C(O)C(F)(F)F.O=C(O)C(F)(F)F.O=C(O)C(F)(F)F. The van der Waals surface area contributed by atoms with E-state index in [-0.39, 0.29) is 64.1 Å². The number of likely N-dealkylation sites (N-methyl/N-ethyl adjacent to an activating group) is 1. The van der Waals surface area contributed by atoms with E-state index >= 15 is 0 Å². The molecule has 0 radical (unpaired) electrons. The van der Waals surface area contributed by atoms with E-state index in [2.05, 4.69) is 52.0 Å². The Morgan fingerprint density at radius 2 is 1.18 bits per heavy atom. The lowest BCUT2D eigenvalue weighted by atomic mass is 9.87. The molecule has 0 spiro atoms. The molecule has 1 aliphatic heterocycles. The standard InChI is InChI=1S/C48H61N11O7.4C2HF3O2/c1-28-33(27-54-43(55-28)31-8-11-34(12-9-31)48(3,4)5)26-41(60)57-37(15-16-49)47(64)59(6)42-32-10-14-40(66-22-19-52)36(25-32)35-23-30(7-13-39(35)65-21-18-51)24-38(45(62)53-20-17-50)58-44(61)29(2)56-46(42)63;4*3-2(4,5)1(6)7/h7-14,23,25,27,29,37-38,42H,15-16,18-22,24,26,49,51-52H2,1-6H3,(H,53,62)(H,56,63)(H,57,60)(H,58,61);4*(H,6,7)/t29-,37-,38-,42-;;;;/m0..../s1. The van der Waals surface area contributed by atoms with Gasteiger partial charge in [-0.25, -0.2) is 29.1 Å². The van der Waals surface area contributed by atoms with Gasteiger partial charge >= 0.3 is 48.6 Å². The molecule has 5 rings (SSSR count). The summed E-state index contributed by atoms with van der Waals surface area (Å²) in [4.78, 5) is 116. The first-order valence-electron chi connectivity index (χ1n) is 26.8. The number of carboxylic acids is 4. The quantitative estimate of drug-likeness (QED) is 0.0547. The maximum absolute atomic E-state index is 14.6. The van der Waals surface area contributed by atoms with Crippen LogP contribution in [0.1, 0.15) is 68.1 Å². The molecule has 0 aliphatic carbocycles. The van der Waals surface area contributed by atoms with Gasteiger partial charge in [0.2, 0.25) is 29.5 Å². The van der Waals surface area contributed by atoms with Crippen molar-refractivity contribution in [3.8, 4) is 40.1 Å². The second kappa shape index (κ2) is 36.4. The van der Waals surface area contributed by atoms with Crippen LogP contribution in [0.5, 0.6) is 11.5 Å². The fourth-order valence-electron chi connectivity index (χ4n) is 7.47. The number of aromatic nitrogens is 2. The number of carboxylic acid groups (broad SMARTS) is 4. The molecular weight excluding hydrogens is 1290 g/mol. The lowest BCUT2D eigenvalue weighted by molar-refractivity contribution is -0.193. The van der Waals surface area contributed by atoms with E-state index in [4.69, 9.17) is 71.5 Å². The third-order valence-electron chi connectivity index (χ3n) is 12.1. The van der Waals surface area contributed by atoms with Crippen LogP contribution in [0.25, 0.3) is 22.5 Å². The number of carbonyl (C=O) groups is 9. The molecule has 4 bridgehead atoms. The summed E-state index contributed by atoms with van der Waals surface area (Å²) >= 11 is 0. The highest BCUT2D eigenvalue weighted by Crippen LogP contribution is 2.40. The van der Waals surface area contributed by atoms with Crippen molar-refractivity contribution in [3.63, 3.8) is 0 Å². The van der Waals surface area contributed by atoms with Gasteiger partial charge < -0.3 is 73.3 Å². The average molecular weight is 1360 g/mol. The van der Waals surface area contributed by atoms with Crippen molar-refractivity contribution >= 4 is 53.4 Å². The van der Waals surface area contributed by atoms with Gasteiger partial charge in [-0.1, -0.05) is 57.2 Å². The minimum absolute atomic E-state index is 0.00473. The number of hydrogen-bond acceptors (Lipinski definition) is 17.